The van der Waals surface area contributed by atoms with Gasteiger partial charge in [0.25, 0.3) is 0 Å². The summed E-state index contributed by atoms with van der Waals surface area (Å²) in [5.74, 6) is -0.380. The molecule has 0 saturated carbocycles. The van der Waals surface area contributed by atoms with E-state index in [0.717, 1.165) is 11.1 Å². The molecule has 0 unspecified atom stereocenters. The van der Waals surface area contributed by atoms with Crippen molar-refractivity contribution in [1.29, 1.82) is 5.26 Å². The second-order valence-electron chi connectivity index (χ2n) is 5.97. The lowest BCUT2D eigenvalue weighted by Crippen LogP contribution is -2.34. The molecule has 23 heavy (non-hydrogen) atoms. The Balaban J connectivity index is 2.09. The Kier molecular flexibility index (Phi) is 3.53. The number of amides is 1. The largest absolute Gasteiger partial charge is 0.438 e. The lowest BCUT2D eigenvalue weighted by molar-refractivity contribution is 0.0421. The second kappa shape index (κ2) is 5.40. The van der Waals surface area contributed by atoms with E-state index >= 15 is 0 Å². The summed E-state index contributed by atoms with van der Waals surface area (Å²) in [7, 11) is 0. The number of cyclic esters (lactones) is 1. The van der Waals surface area contributed by atoms with Crippen LogP contribution >= 0.6 is 0 Å². The number of ether oxygens (including phenoxy) is 1. The Bertz CT molecular complexity index is 837. The normalized spacial score (nSPS) is 15.1. The molecular formula is C18H15FN2O2. The first-order chi connectivity index (χ1) is 10.9. The van der Waals surface area contributed by atoms with Crippen LogP contribution in [0, 0.1) is 17.1 Å². The van der Waals surface area contributed by atoms with Crippen molar-refractivity contribution >= 4 is 11.8 Å². The van der Waals surface area contributed by atoms with Gasteiger partial charge in [-0.1, -0.05) is 6.07 Å². The zero-order chi connectivity index (χ0) is 16.6. The maximum atomic E-state index is 13.8. The third-order valence-electron chi connectivity index (χ3n) is 3.83. The molecule has 0 bridgehead atoms. The topological polar surface area (TPSA) is 62.1 Å². The number of nitrogens with one attached hydrogen (secondary N) is 1. The molecule has 116 valence electrons. The van der Waals surface area contributed by atoms with Crippen LogP contribution in [0.25, 0.3) is 11.1 Å². The molecule has 0 fully saturated rings. The van der Waals surface area contributed by atoms with Crippen LogP contribution in [0.5, 0.6) is 0 Å². The Morgan fingerprint density at radius 1 is 1.22 bits per heavy atom. The van der Waals surface area contributed by atoms with E-state index in [9.17, 15) is 9.18 Å². The minimum atomic E-state index is -0.767. The second-order valence-corrected chi connectivity index (χ2v) is 5.97. The van der Waals surface area contributed by atoms with E-state index in [1.807, 2.05) is 18.2 Å². The van der Waals surface area contributed by atoms with Gasteiger partial charge in [-0.15, -0.1) is 0 Å². The maximum absolute atomic E-state index is 13.8. The van der Waals surface area contributed by atoms with Gasteiger partial charge in [0, 0.05) is 5.56 Å². The van der Waals surface area contributed by atoms with E-state index < -0.39 is 11.7 Å². The quantitative estimate of drug-likeness (QED) is 0.896. The number of hydrogen-bond donors (Lipinski definition) is 1. The fourth-order valence-corrected chi connectivity index (χ4v) is 2.76. The summed E-state index contributed by atoms with van der Waals surface area (Å²) in [6.07, 6.45) is -0.335. The first kappa shape index (κ1) is 15.0. The molecule has 2 aromatic rings. The van der Waals surface area contributed by atoms with Crippen molar-refractivity contribution in [2.45, 2.75) is 25.9 Å². The van der Waals surface area contributed by atoms with Crippen molar-refractivity contribution in [3.05, 3.63) is 53.3 Å². The lowest BCUT2D eigenvalue weighted by atomic mass is 9.91. The van der Waals surface area contributed by atoms with Gasteiger partial charge in [-0.25, -0.2) is 9.18 Å². The number of halogens is 1. The highest BCUT2D eigenvalue weighted by Gasteiger charge is 2.33. The van der Waals surface area contributed by atoms with E-state index in [1.54, 1.807) is 26.0 Å². The van der Waals surface area contributed by atoms with E-state index in [4.69, 9.17) is 10.00 Å². The Hall–Kier alpha value is -2.87. The highest BCUT2D eigenvalue weighted by atomic mass is 19.1. The number of fused-ring (bicyclic) bond motifs is 1. The molecule has 4 nitrogen and oxygen atoms in total. The van der Waals surface area contributed by atoms with E-state index in [0.29, 0.717) is 16.8 Å². The molecule has 0 aliphatic carbocycles. The summed E-state index contributed by atoms with van der Waals surface area (Å²) in [6.45, 7) is 3.61. The van der Waals surface area contributed by atoms with E-state index in [1.165, 1.54) is 12.1 Å². The monoisotopic (exact) mass is 310 g/mol. The van der Waals surface area contributed by atoms with Gasteiger partial charge in [0.1, 0.15) is 11.4 Å². The zero-order valence-corrected chi connectivity index (χ0v) is 12.8. The van der Waals surface area contributed by atoms with Gasteiger partial charge in [-0.05, 0) is 60.9 Å². The number of anilines is 1. The predicted molar refractivity (Wildman–Crippen MR) is 84.3 cm³/mol. The molecule has 0 aromatic heterocycles. The first-order valence-electron chi connectivity index (χ1n) is 7.20. The number of hydrogen-bond acceptors (Lipinski definition) is 3. The van der Waals surface area contributed by atoms with Gasteiger partial charge < -0.3 is 4.74 Å². The zero-order valence-electron chi connectivity index (χ0n) is 12.8. The summed E-state index contributed by atoms with van der Waals surface area (Å²) < 4.78 is 19.1. The molecule has 5 heteroatoms. The molecule has 0 spiro atoms. The summed E-state index contributed by atoms with van der Waals surface area (Å²) >= 11 is 0. The average Bonchev–Trinajstić information content (AvgIpc) is 2.45. The summed E-state index contributed by atoms with van der Waals surface area (Å²) in [5.41, 5.74) is 2.85. The SMILES string of the molecule is CC1(C)OC(=O)Nc2ccc(-c3cc(F)cc(CC#N)c3)cc21. The number of nitriles is 1. The average molecular weight is 310 g/mol. The van der Waals surface area contributed by atoms with Crippen molar-refractivity contribution < 1.29 is 13.9 Å². The van der Waals surface area contributed by atoms with Gasteiger partial charge in [-0.2, -0.15) is 5.26 Å². The van der Waals surface area contributed by atoms with Crippen LogP contribution in [0.1, 0.15) is 25.0 Å². The Labute approximate surface area is 133 Å². The predicted octanol–water partition coefficient (Wildman–Crippen LogP) is 4.36. The molecule has 0 saturated heterocycles. The number of rotatable bonds is 2. The van der Waals surface area contributed by atoms with Crippen LogP contribution < -0.4 is 5.32 Å². The van der Waals surface area contributed by atoms with Crippen LogP contribution in [0.2, 0.25) is 0 Å². The minimum Gasteiger partial charge on any atom is -0.438 e. The van der Waals surface area contributed by atoms with Gasteiger partial charge in [0.2, 0.25) is 0 Å². The van der Waals surface area contributed by atoms with Gasteiger partial charge in [-0.3, -0.25) is 5.32 Å². The van der Waals surface area contributed by atoms with Crippen LogP contribution in [0.3, 0.4) is 0 Å². The van der Waals surface area contributed by atoms with Crippen LogP contribution in [-0.4, -0.2) is 6.09 Å². The molecule has 3 rings (SSSR count). The van der Waals surface area contributed by atoms with Gasteiger partial charge in [0.05, 0.1) is 18.2 Å². The molecule has 1 N–H and O–H groups in total. The van der Waals surface area contributed by atoms with Gasteiger partial charge >= 0.3 is 6.09 Å². The van der Waals surface area contributed by atoms with Gasteiger partial charge in [0.15, 0.2) is 0 Å². The van der Waals surface area contributed by atoms with Crippen molar-refractivity contribution in [3.8, 4) is 17.2 Å². The molecular weight excluding hydrogens is 295 g/mol. The molecule has 0 radical (unpaired) electrons. The summed E-state index contributed by atoms with van der Waals surface area (Å²) in [4.78, 5) is 11.5. The molecule has 1 heterocycles. The van der Waals surface area contributed by atoms with E-state index in [2.05, 4.69) is 5.32 Å². The smallest absolute Gasteiger partial charge is 0.412 e. The molecule has 2 aromatic carbocycles. The molecule has 0 atom stereocenters. The van der Waals surface area contributed by atoms with Crippen LogP contribution in [-0.2, 0) is 16.8 Å². The molecule has 1 aliphatic rings. The van der Waals surface area contributed by atoms with Crippen molar-refractivity contribution in [2.75, 3.05) is 5.32 Å². The van der Waals surface area contributed by atoms with Crippen molar-refractivity contribution in [1.82, 2.24) is 0 Å². The fourth-order valence-electron chi connectivity index (χ4n) is 2.76. The minimum absolute atomic E-state index is 0.153. The standard InChI is InChI=1S/C18H15FN2O2/c1-18(2)15-10-12(3-4-16(15)21-17(22)23-18)13-7-11(5-6-20)8-14(19)9-13/h3-4,7-10H,5H2,1-2H3,(H,21,22). The van der Waals surface area contributed by atoms with Crippen LogP contribution in [0.4, 0.5) is 14.9 Å². The summed E-state index contributed by atoms with van der Waals surface area (Å²) in [5, 5.41) is 11.5. The highest BCUT2D eigenvalue weighted by molar-refractivity contribution is 5.89. The maximum Gasteiger partial charge on any atom is 0.412 e. The Morgan fingerprint density at radius 3 is 2.74 bits per heavy atom. The van der Waals surface area contributed by atoms with Crippen molar-refractivity contribution in [3.63, 3.8) is 0 Å². The molecule has 1 amide bonds. The number of carbonyl (C=O) groups excluding carboxylic acids is 1. The van der Waals surface area contributed by atoms with Crippen LogP contribution in [0.15, 0.2) is 36.4 Å². The first-order valence-corrected chi connectivity index (χ1v) is 7.20. The summed E-state index contributed by atoms with van der Waals surface area (Å²) in [6, 6.07) is 12.1. The molecule has 1 aliphatic heterocycles. The lowest BCUT2D eigenvalue weighted by Gasteiger charge is -2.32. The third-order valence-corrected chi connectivity index (χ3v) is 3.83. The number of nitrogens with zero attached hydrogens (tertiary/aromatic N) is 1. The Morgan fingerprint density at radius 2 is 2.00 bits per heavy atom. The van der Waals surface area contributed by atoms with Crippen molar-refractivity contribution in [2.24, 2.45) is 0 Å². The fraction of sp³-hybridized carbons (Fsp3) is 0.222. The highest BCUT2D eigenvalue weighted by Crippen LogP contribution is 2.38. The third kappa shape index (κ3) is 2.88. The van der Waals surface area contributed by atoms with E-state index in [-0.39, 0.29) is 12.2 Å². The number of benzene rings is 2. The number of carbonyl (C=O) groups is 1.